The number of guanidine groups is 1. The van der Waals surface area contributed by atoms with Gasteiger partial charge in [-0.1, -0.05) is 12.1 Å². The average molecular weight is 557 g/mol. The van der Waals surface area contributed by atoms with Crippen LogP contribution in [0.2, 0.25) is 0 Å². The van der Waals surface area contributed by atoms with Crippen LogP contribution < -0.4 is 20.3 Å². The van der Waals surface area contributed by atoms with E-state index in [1.807, 2.05) is 19.9 Å². The van der Waals surface area contributed by atoms with Gasteiger partial charge in [0.1, 0.15) is 6.10 Å². The second-order valence-electron chi connectivity index (χ2n) is 7.38. The third-order valence-electron chi connectivity index (χ3n) is 4.94. The van der Waals surface area contributed by atoms with Crippen molar-refractivity contribution in [2.24, 2.45) is 4.99 Å². The molecule has 0 spiro atoms. The number of ether oxygens (including phenoxy) is 1. The van der Waals surface area contributed by atoms with E-state index >= 15 is 0 Å². The van der Waals surface area contributed by atoms with E-state index in [0.717, 1.165) is 57.7 Å². The lowest BCUT2D eigenvalue weighted by Gasteiger charge is -2.34. The fourth-order valence-electron chi connectivity index (χ4n) is 3.31. The van der Waals surface area contributed by atoms with E-state index in [4.69, 9.17) is 4.74 Å². The largest absolute Gasteiger partial charge is 0.486 e. The molecule has 1 aliphatic heterocycles. The maximum atomic E-state index is 13.7. The van der Waals surface area contributed by atoms with Crippen LogP contribution in [0.4, 0.5) is 10.3 Å². The smallest absolute Gasteiger partial charge is 0.225 e. The number of hydrogen-bond donors (Lipinski definition) is 2. The summed E-state index contributed by atoms with van der Waals surface area (Å²) in [5.41, 5.74) is 0. The number of para-hydroxylation sites is 1. The molecule has 1 aromatic carbocycles. The summed E-state index contributed by atoms with van der Waals surface area (Å²) >= 11 is 0. The molecule has 1 aromatic heterocycles. The Balaban J connectivity index is 0.00000363. The zero-order valence-corrected chi connectivity index (χ0v) is 21.0. The molecule has 32 heavy (non-hydrogen) atoms. The molecule has 8 nitrogen and oxygen atoms in total. The Morgan fingerprint density at radius 3 is 2.53 bits per heavy atom. The first-order chi connectivity index (χ1) is 15.2. The predicted molar refractivity (Wildman–Crippen MR) is 137 cm³/mol. The van der Waals surface area contributed by atoms with E-state index in [9.17, 15) is 4.39 Å². The maximum absolute atomic E-state index is 13.7. The van der Waals surface area contributed by atoms with Crippen LogP contribution in [-0.4, -0.2) is 79.3 Å². The molecule has 2 aromatic rings. The fraction of sp³-hybridized carbons (Fsp3) is 0.500. The number of anilines is 1. The highest BCUT2D eigenvalue weighted by Gasteiger charge is 2.18. The first-order valence-corrected chi connectivity index (χ1v) is 10.8. The Bertz CT molecular complexity index is 819. The maximum Gasteiger partial charge on any atom is 0.225 e. The summed E-state index contributed by atoms with van der Waals surface area (Å²) in [6.45, 7) is 10.6. The number of rotatable bonds is 9. The SMILES string of the molecule is CCNC(=NCC(C)Oc1ccccc1F)NCCN1CCN(c2ncccn2)CC1.I. The lowest BCUT2D eigenvalue weighted by molar-refractivity contribution is 0.220. The summed E-state index contributed by atoms with van der Waals surface area (Å²) in [6.07, 6.45) is 3.32. The summed E-state index contributed by atoms with van der Waals surface area (Å²) in [4.78, 5) is 17.9. The van der Waals surface area contributed by atoms with Gasteiger partial charge in [0.05, 0.1) is 6.54 Å². The van der Waals surface area contributed by atoms with Crippen molar-refractivity contribution in [2.45, 2.75) is 20.0 Å². The minimum Gasteiger partial charge on any atom is -0.486 e. The van der Waals surface area contributed by atoms with Crippen molar-refractivity contribution in [3.05, 3.63) is 48.5 Å². The second-order valence-corrected chi connectivity index (χ2v) is 7.38. The van der Waals surface area contributed by atoms with Gasteiger partial charge < -0.3 is 20.3 Å². The molecule has 1 saturated heterocycles. The van der Waals surface area contributed by atoms with Gasteiger partial charge in [-0.2, -0.15) is 0 Å². The number of hydrogen-bond acceptors (Lipinski definition) is 6. The Morgan fingerprint density at radius 1 is 1.12 bits per heavy atom. The molecule has 0 aliphatic carbocycles. The molecule has 10 heteroatoms. The Morgan fingerprint density at radius 2 is 1.84 bits per heavy atom. The summed E-state index contributed by atoms with van der Waals surface area (Å²) in [5, 5.41) is 6.62. The van der Waals surface area contributed by atoms with E-state index in [0.29, 0.717) is 6.54 Å². The lowest BCUT2D eigenvalue weighted by Crippen LogP contribution is -2.49. The Hall–Kier alpha value is -2.21. The van der Waals surface area contributed by atoms with Gasteiger partial charge in [-0.3, -0.25) is 4.90 Å². The van der Waals surface area contributed by atoms with Gasteiger partial charge in [-0.15, -0.1) is 24.0 Å². The average Bonchev–Trinajstić information content (AvgIpc) is 2.80. The molecular formula is C22H33FIN7O. The van der Waals surface area contributed by atoms with Crippen molar-refractivity contribution in [3.8, 4) is 5.75 Å². The number of aromatic nitrogens is 2. The Kier molecular flexibility index (Phi) is 11.4. The van der Waals surface area contributed by atoms with E-state index in [-0.39, 0.29) is 41.6 Å². The number of nitrogens with zero attached hydrogens (tertiary/aromatic N) is 5. The van der Waals surface area contributed by atoms with Gasteiger partial charge in [0.25, 0.3) is 0 Å². The summed E-state index contributed by atoms with van der Waals surface area (Å²) in [5.74, 6) is 1.43. The van der Waals surface area contributed by atoms with Gasteiger partial charge in [0, 0.05) is 58.2 Å². The third kappa shape index (κ3) is 8.38. The van der Waals surface area contributed by atoms with E-state index in [1.165, 1.54) is 6.07 Å². The van der Waals surface area contributed by atoms with E-state index < -0.39 is 0 Å². The van der Waals surface area contributed by atoms with Gasteiger partial charge in [0.15, 0.2) is 17.5 Å². The highest BCUT2D eigenvalue weighted by atomic mass is 127. The molecule has 0 bridgehead atoms. The number of nitrogens with one attached hydrogen (secondary N) is 2. The van der Waals surface area contributed by atoms with Crippen LogP contribution in [0.5, 0.6) is 5.75 Å². The summed E-state index contributed by atoms with van der Waals surface area (Å²) in [6, 6.07) is 8.26. The van der Waals surface area contributed by atoms with Crippen molar-refractivity contribution in [1.29, 1.82) is 0 Å². The van der Waals surface area contributed by atoms with Crippen molar-refractivity contribution < 1.29 is 9.13 Å². The highest BCUT2D eigenvalue weighted by molar-refractivity contribution is 14.0. The van der Waals surface area contributed by atoms with Crippen molar-refractivity contribution >= 4 is 35.9 Å². The molecule has 176 valence electrons. The molecule has 2 heterocycles. The van der Waals surface area contributed by atoms with Gasteiger partial charge in [0.2, 0.25) is 5.95 Å². The van der Waals surface area contributed by atoms with Crippen LogP contribution in [0, 0.1) is 5.82 Å². The van der Waals surface area contributed by atoms with Gasteiger partial charge >= 0.3 is 0 Å². The number of benzene rings is 1. The molecular weight excluding hydrogens is 524 g/mol. The topological polar surface area (TPSA) is 77.9 Å². The van der Waals surface area contributed by atoms with Crippen LogP contribution >= 0.6 is 24.0 Å². The monoisotopic (exact) mass is 557 g/mol. The summed E-state index contributed by atoms with van der Waals surface area (Å²) < 4.78 is 19.4. The molecule has 1 aliphatic rings. The Labute approximate surface area is 206 Å². The lowest BCUT2D eigenvalue weighted by atomic mass is 10.3. The first-order valence-electron chi connectivity index (χ1n) is 10.8. The van der Waals surface area contributed by atoms with Crippen molar-refractivity contribution in [3.63, 3.8) is 0 Å². The molecule has 3 rings (SSSR count). The number of aliphatic imine (C=N–C) groups is 1. The first kappa shape index (κ1) is 26.0. The molecule has 0 radical (unpaired) electrons. The van der Waals surface area contributed by atoms with Crippen LogP contribution in [0.15, 0.2) is 47.7 Å². The molecule has 0 saturated carbocycles. The minimum absolute atomic E-state index is 0. The predicted octanol–water partition coefficient (Wildman–Crippen LogP) is 2.38. The van der Waals surface area contributed by atoms with Crippen LogP contribution in [-0.2, 0) is 0 Å². The molecule has 1 unspecified atom stereocenters. The van der Waals surface area contributed by atoms with E-state index in [1.54, 1.807) is 30.6 Å². The molecule has 1 atom stereocenters. The molecule has 0 amide bonds. The van der Waals surface area contributed by atoms with Crippen molar-refractivity contribution in [1.82, 2.24) is 25.5 Å². The molecule has 1 fully saturated rings. The number of halogens is 2. The zero-order valence-electron chi connectivity index (χ0n) is 18.7. The van der Waals surface area contributed by atoms with Crippen LogP contribution in [0.1, 0.15) is 13.8 Å². The fourth-order valence-corrected chi connectivity index (χ4v) is 3.31. The highest BCUT2D eigenvalue weighted by Crippen LogP contribution is 2.17. The van der Waals surface area contributed by atoms with E-state index in [2.05, 4.69) is 35.4 Å². The quantitative estimate of drug-likeness (QED) is 0.279. The standard InChI is InChI=1S/C22H32FN7O.HI/c1-3-24-21(28-17-18(2)31-20-8-5-4-7-19(20)23)25-11-12-29-13-15-30(16-14-29)22-26-9-6-10-27-22;/h4-10,18H,3,11-17H2,1-2H3,(H2,24,25,28);1H. The minimum atomic E-state index is -0.359. The second kappa shape index (κ2) is 14.0. The zero-order chi connectivity index (χ0) is 21.9. The van der Waals surface area contributed by atoms with Gasteiger partial charge in [-0.25, -0.2) is 19.4 Å². The summed E-state index contributed by atoms with van der Waals surface area (Å²) in [7, 11) is 0. The number of piperazine rings is 1. The molecule has 2 N–H and O–H groups in total. The van der Waals surface area contributed by atoms with Crippen LogP contribution in [0.3, 0.4) is 0 Å². The van der Waals surface area contributed by atoms with Crippen LogP contribution in [0.25, 0.3) is 0 Å². The third-order valence-corrected chi connectivity index (χ3v) is 4.94. The normalized spacial score (nSPS) is 15.6. The van der Waals surface area contributed by atoms with Gasteiger partial charge in [-0.05, 0) is 32.0 Å². The van der Waals surface area contributed by atoms with Crippen molar-refractivity contribution in [2.75, 3.05) is 57.3 Å².